The van der Waals surface area contributed by atoms with Crippen molar-refractivity contribution < 1.29 is 0 Å². The van der Waals surface area contributed by atoms with E-state index in [1.807, 2.05) is 24.3 Å². The maximum Gasteiger partial charge on any atom is 0.160 e. The van der Waals surface area contributed by atoms with E-state index in [1.54, 1.807) is 0 Å². The molecule has 6 aromatic carbocycles. The van der Waals surface area contributed by atoms with Crippen LogP contribution in [0.2, 0.25) is 0 Å². The average Bonchev–Trinajstić information content (AvgIpc) is 3.43. The Hall–Kier alpha value is -5.80. The molecule has 0 bridgehead atoms. The van der Waals surface area contributed by atoms with Crippen molar-refractivity contribution in [1.29, 1.82) is 0 Å². The van der Waals surface area contributed by atoms with Crippen LogP contribution < -0.4 is 0 Å². The lowest BCUT2D eigenvalue weighted by atomic mass is 10.0. The van der Waals surface area contributed by atoms with Gasteiger partial charge in [-0.2, -0.15) is 0 Å². The van der Waals surface area contributed by atoms with E-state index in [0.717, 1.165) is 33.8 Å². The number of para-hydroxylation sites is 2. The fraction of sp³-hybridized carbons (Fsp3) is 0.0244. The Labute approximate surface area is 256 Å². The highest BCUT2D eigenvalue weighted by atomic mass is 15.0. The lowest BCUT2D eigenvalue weighted by molar-refractivity contribution is 1.16. The molecule has 3 heteroatoms. The fourth-order valence-electron chi connectivity index (χ4n) is 6.16. The largest absolute Gasteiger partial charge is 0.309 e. The van der Waals surface area contributed by atoms with Crippen molar-refractivity contribution in [2.45, 2.75) is 6.92 Å². The first-order chi connectivity index (χ1) is 21.7. The zero-order valence-electron chi connectivity index (χ0n) is 24.4. The Morgan fingerprint density at radius 3 is 1.55 bits per heavy atom. The van der Waals surface area contributed by atoms with Gasteiger partial charge in [-0.15, -0.1) is 0 Å². The van der Waals surface area contributed by atoms with Crippen LogP contribution in [0.15, 0.2) is 158 Å². The number of hydrogen-bond donors (Lipinski definition) is 0. The van der Waals surface area contributed by atoms with Gasteiger partial charge in [-0.05, 0) is 60.0 Å². The zero-order chi connectivity index (χ0) is 29.5. The summed E-state index contributed by atoms with van der Waals surface area (Å²) in [5, 5.41) is 2.50. The minimum absolute atomic E-state index is 0.713. The predicted octanol–water partition coefficient (Wildman–Crippen LogP) is 10.6. The van der Waals surface area contributed by atoms with Crippen LogP contribution in [0.25, 0.3) is 72.5 Å². The number of hydrogen-bond acceptors (Lipinski definition) is 2. The standard InChI is InChI=1S/C41H29N3/c1-28-24-33(26-34(25-28)44-39-18-10-8-16-35(39)36-17-9-11-19-40(36)44)38-27-37(42-41(43-38)32-14-6-3-7-15-32)31-22-20-30(21-23-31)29-12-4-2-5-13-29/h2-27H,1H3. The normalized spacial score (nSPS) is 11.3. The lowest BCUT2D eigenvalue weighted by Crippen LogP contribution is -1.98. The molecule has 8 rings (SSSR count). The molecule has 0 saturated heterocycles. The molecule has 0 spiro atoms. The van der Waals surface area contributed by atoms with Crippen LogP contribution in [0.1, 0.15) is 5.56 Å². The molecule has 3 nitrogen and oxygen atoms in total. The van der Waals surface area contributed by atoms with Crippen molar-refractivity contribution >= 4 is 21.8 Å². The summed E-state index contributed by atoms with van der Waals surface area (Å²) in [5.74, 6) is 0.713. The van der Waals surface area contributed by atoms with Crippen LogP contribution in [0, 0.1) is 6.92 Å². The Bertz CT molecular complexity index is 2210. The molecule has 2 aromatic heterocycles. The molecule has 8 aromatic rings. The summed E-state index contributed by atoms with van der Waals surface area (Å²) in [7, 11) is 0. The quantitative estimate of drug-likeness (QED) is 0.209. The molecule has 0 unspecified atom stereocenters. The van der Waals surface area contributed by atoms with Gasteiger partial charge in [0.2, 0.25) is 0 Å². The second-order valence-electron chi connectivity index (χ2n) is 11.2. The van der Waals surface area contributed by atoms with Gasteiger partial charge in [0, 0.05) is 33.2 Å². The van der Waals surface area contributed by atoms with Crippen LogP contribution in [0.3, 0.4) is 0 Å². The summed E-state index contributed by atoms with van der Waals surface area (Å²) in [6, 6.07) is 55.4. The Balaban J connectivity index is 1.30. The Kier molecular flexibility index (Phi) is 6.35. The molecule has 0 saturated carbocycles. The van der Waals surface area contributed by atoms with Gasteiger partial charge in [-0.3, -0.25) is 0 Å². The SMILES string of the molecule is Cc1cc(-c2cc(-c3ccc(-c4ccccc4)cc3)nc(-c3ccccc3)n2)cc(-n2c3ccccc3c3ccccc32)c1. The van der Waals surface area contributed by atoms with Crippen LogP contribution >= 0.6 is 0 Å². The number of rotatable bonds is 5. The second kappa shape index (κ2) is 10.8. The van der Waals surface area contributed by atoms with E-state index in [0.29, 0.717) is 5.82 Å². The zero-order valence-corrected chi connectivity index (χ0v) is 24.4. The molecule has 2 heterocycles. The van der Waals surface area contributed by atoms with Gasteiger partial charge in [-0.25, -0.2) is 9.97 Å². The third-order valence-corrected chi connectivity index (χ3v) is 8.24. The molecule has 208 valence electrons. The molecule has 0 atom stereocenters. The fourth-order valence-corrected chi connectivity index (χ4v) is 6.16. The number of nitrogens with zero attached hydrogens (tertiary/aromatic N) is 3. The van der Waals surface area contributed by atoms with E-state index < -0.39 is 0 Å². The second-order valence-corrected chi connectivity index (χ2v) is 11.2. The Morgan fingerprint density at radius 2 is 0.909 bits per heavy atom. The van der Waals surface area contributed by atoms with Crippen LogP contribution in [0.5, 0.6) is 0 Å². The van der Waals surface area contributed by atoms with E-state index in [9.17, 15) is 0 Å². The van der Waals surface area contributed by atoms with Crippen molar-refractivity contribution in [2.24, 2.45) is 0 Å². The van der Waals surface area contributed by atoms with E-state index >= 15 is 0 Å². The van der Waals surface area contributed by atoms with Crippen LogP contribution in [-0.2, 0) is 0 Å². The molecule has 0 aliphatic rings. The molecule has 0 aliphatic heterocycles. The predicted molar refractivity (Wildman–Crippen MR) is 183 cm³/mol. The first-order valence-corrected chi connectivity index (χ1v) is 14.9. The molecule has 0 aliphatic carbocycles. The number of benzene rings is 6. The van der Waals surface area contributed by atoms with Crippen LogP contribution in [0.4, 0.5) is 0 Å². The van der Waals surface area contributed by atoms with Crippen LogP contribution in [-0.4, -0.2) is 14.5 Å². The van der Waals surface area contributed by atoms with Gasteiger partial charge < -0.3 is 4.57 Å². The van der Waals surface area contributed by atoms with Gasteiger partial charge in [0.05, 0.1) is 22.4 Å². The van der Waals surface area contributed by atoms with Gasteiger partial charge in [0.25, 0.3) is 0 Å². The first kappa shape index (κ1) is 25.9. The number of fused-ring (bicyclic) bond motifs is 3. The molecular weight excluding hydrogens is 534 g/mol. The van der Waals surface area contributed by atoms with E-state index in [2.05, 4.69) is 145 Å². The highest BCUT2D eigenvalue weighted by Crippen LogP contribution is 2.35. The van der Waals surface area contributed by atoms with Gasteiger partial charge in [0.1, 0.15) is 0 Å². The average molecular weight is 564 g/mol. The summed E-state index contributed by atoms with van der Waals surface area (Å²) in [6.07, 6.45) is 0. The summed E-state index contributed by atoms with van der Waals surface area (Å²) in [5.41, 5.74) is 12.0. The lowest BCUT2D eigenvalue weighted by Gasteiger charge is -2.14. The molecule has 0 amide bonds. The summed E-state index contributed by atoms with van der Waals surface area (Å²) >= 11 is 0. The molecule has 0 fully saturated rings. The van der Waals surface area contributed by atoms with Crippen molar-refractivity contribution in [1.82, 2.24) is 14.5 Å². The van der Waals surface area contributed by atoms with E-state index in [-0.39, 0.29) is 0 Å². The number of aromatic nitrogens is 3. The topological polar surface area (TPSA) is 30.7 Å². The molecule has 0 radical (unpaired) electrons. The smallest absolute Gasteiger partial charge is 0.160 e. The van der Waals surface area contributed by atoms with Crippen molar-refractivity contribution in [3.8, 4) is 50.7 Å². The summed E-state index contributed by atoms with van der Waals surface area (Å²) in [4.78, 5) is 10.2. The maximum atomic E-state index is 5.13. The van der Waals surface area contributed by atoms with Gasteiger partial charge in [0.15, 0.2) is 5.82 Å². The molecule has 0 N–H and O–H groups in total. The van der Waals surface area contributed by atoms with Gasteiger partial charge >= 0.3 is 0 Å². The third kappa shape index (κ3) is 4.65. The summed E-state index contributed by atoms with van der Waals surface area (Å²) in [6.45, 7) is 2.16. The summed E-state index contributed by atoms with van der Waals surface area (Å²) < 4.78 is 2.36. The molecular formula is C41H29N3. The van der Waals surface area contributed by atoms with Gasteiger partial charge in [-0.1, -0.05) is 121 Å². The highest BCUT2D eigenvalue weighted by molar-refractivity contribution is 6.09. The first-order valence-electron chi connectivity index (χ1n) is 14.9. The minimum Gasteiger partial charge on any atom is -0.309 e. The van der Waals surface area contributed by atoms with Crippen molar-refractivity contribution in [3.63, 3.8) is 0 Å². The van der Waals surface area contributed by atoms with E-state index in [1.165, 1.54) is 38.5 Å². The minimum atomic E-state index is 0.713. The Morgan fingerprint density at radius 1 is 0.409 bits per heavy atom. The maximum absolute atomic E-state index is 5.13. The monoisotopic (exact) mass is 563 g/mol. The number of aryl methyl sites for hydroxylation is 1. The van der Waals surface area contributed by atoms with Crippen molar-refractivity contribution in [3.05, 3.63) is 163 Å². The highest BCUT2D eigenvalue weighted by Gasteiger charge is 2.15. The van der Waals surface area contributed by atoms with Crippen molar-refractivity contribution in [2.75, 3.05) is 0 Å². The van der Waals surface area contributed by atoms with E-state index in [4.69, 9.17) is 9.97 Å². The molecule has 44 heavy (non-hydrogen) atoms. The third-order valence-electron chi connectivity index (χ3n) is 8.24.